The number of rotatable bonds is 6. The number of carbonyl (C=O) groups is 2. The van der Waals surface area contributed by atoms with Gasteiger partial charge in [0.05, 0.1) is 19.1 Å². The molecule has 4 nitrogen and oxygen atoms in total. The lowest BCUT2D eigenvalue weighted by molar-refractivity contribution is -0.136. The summed E-state index contributed by atoms with van der Waals surface area (Å²) in [7, 11) is 0. The number of ether oxygens (including phenoxy) is 1. The zero-order chi connectivity index (χ0) is 13.7. The van der Waals surface area contributed by atoms with Gasteiger partial charge in [-0.3, -0.25) is 9.59 Å². The van der Waals surface area contributed by atoms with Crippen molar-refractivity contribution >= 4 is 23.0 Å². The highest BCUT2D eigenvalue weighted by atomic mass is 32.1. The molecule has 0 radical (unpaired) electrons. The van der Waals surface area contributed by atoms with Crippen LogP contribution in [-0.2, 0) is 20.9 Å². The van der Waals surface area contributed by atoms with E-state index in [0.29, 0.717) is 13.1 Å². The summed E-state index contributed by atoms with van der Waals surface area (Å²) in [6.45, 7) is 3.39. The fourth-order valence-electron chi connectivity index (χ4n) is 2.20. The predicted octanol–water partition coefficient (Wildman–Crippen LogP) is 2.23. The van der Waals surface area contributed by atoms with Crippen molar-refractivity contribution in [3.8, 4) is 0 Å². The zero-order valence-corrected chi connectivity index (χ0v) is 11.9. The number of thiophene rings is 1. The molecule has 1 aliphatic rings. The highest BCUT2D eigenvalue weighted by Crippen LogP contribution is 2.17. The summed E-state index contributed by atoms with van der Waals surface area (Å²) in [6.07, 6.45) is 2.15. The number of carbonyl (C=O) groups excluding carboxylic acids is 2. The third-order valence-electron chi connectivity index (χ3n) is 3.13. The summed E-state index contributed by atoms with van der Waals surface area (Å²) in [5.41, 5.74) is 0. The van der Waals surface area contributed by atoms with E-state index in [2.05, 4.69) is 0 Å². The SMILES string of the molecule is CC(=O)CC(=O)N(Cc1cccs1)CC1CCCO1. The second-order valence-corrected chi connectivity index (χ2v) is 5.90. The van der Waals surface area contributed by atoms with Crippen LogP contribution in [0.4, 0.5) is 0 Å². The molecule has 5 heteroatoms. The van der Waals surface area contributed by atoms with Gasteiger partial charge in [-0.1, -0.05) is 6.07 Å². The Labute approximate surface area is 117 Å². The lowest BCUT2D eigenvalue weighted by Crippen LogP contribution is -2.37. The van der Waals surface area contributed by atoms with E-state index in [1.54, 1.807) is 16.2 Å². The molecule has 1 atom stereocenters. The van der Waals surface area contributed by atoms with Crippen molar-refractivity contribution in [2.45, 2.75) is 38.8 Å². The van der Waals surface area contributed by atoms with Gasteiger partial charge in [0.25, 0.3) is 0 Å². The van der Waals surface area contributed by atoms with Crippen molar-refractivity contribution in [2.75, 3.05) is 13.2 Å². The van der Waals surface area contributed by atoms with Crippen molar-refractivity contribution in [1.29, 1.82) is 0 Å². The lowest BCUT2D eigenvalue weighted by atomic mass is 10.2. The number of Topliss-reactive ketones (excluding diaryl/α,β-unsaturated/α-hetero) is 1. The van der Waals surface area contributed by atoms with Crippen LogP contribution in [0.2, 0.25) is 0 Å². The van der Waals surface area contributed by atoms with Crippen LogP contribution < -0.4 is 0 Å². The second-order valence-electron chi connectivity index (χ2n) is 4.87. The first-order valence-corrected chi connectivity index (χ1v) is 7.44. The molecule has 0 N–H and O–H groups in total. The van der Waals surface area contributed by atoms with E-state index in [1.807, 2.05) is 17.5 Å². The van der Waals surface area contributed by atoms with Gasteiger partial charge in [-0.15, -0.1) is 11.3 Å². The third kappa shape index (κ3) is 4.44. The molecule has 1 unspecified atom stereocenters. The minimum absolute atomic E-state index is 0.0158. The molecule has 0 aliphatic carbocycles. The molecule has 1 aromatic rings. The molecule has 0 bridgehead atoms. The van der Waals surface area contributed by atoms with Gasteiger partial charge in [0, 0.05) is 18.0 Å². The molecule has 0 aromatic carbocycles. The molecule has 0 spiro atoms. The average molecular weight is 281 g/mol. The topological polar surface area (TPSA) is 46.6 Å². The summed E-state index contributed by atoms with van der Waals surface area (Å²) >= 11 is 1.63. The van der Waals surface area contributed by atoms with Crippen LogP contribution in [0.25, 0.3) is 0 Å². The summed E-state index contributed by atoms with van der Waals surface area (Å²) in [5, 5.41) is 2.00. The Morgan fingerprint density at radius 3 is 2.95 bits per heavy atom. The Morgan fingerprint density at radius 2 is 2.37 bits per heavy atom. The second kappa shape index (κ2) is 6.82. The van der Waals surface area contributed by atoms with Crippen molar-refractivity contribution < 1.29 is 14.3 Å². The van der Waals surface area contributed by atoms with Crippen LogP contribution in [-0.4, -0.2) is 35.8 Å². The minimum Gasteiger partial charge on any atom is -0.376 e. The van der Waals surface area contributed by atoms with Gasteiger partial charge >= 0.3 is 0 Å². The summed E-state index contributed by atoms with van der Waals surface area (Å²) in [6, 6.07) is 3.98. The molecular formula is C14H19NO3S. The van der Waals surface area contributed by atoms with E-state index < -0.39 is 0 Å². The molecule has 1 aliphatic heterocycles. The van der Waals surface area contributed by atoms with E-state index in [4.69, 9.17) is 4.74 Å². The van der Waals surface area contributed by atoms with Gasteiger partial charge in [0.2, 0.25) is 5.91 Å². The van der Waals surface area contributed by atoms with E-state index in [9.17, 15) is 9.59 Å². The van der Waals surface area contributed by atoms with Gasteiger partial charge in [0.1, 0.15) is 5.78 Å². The Bertz CT molecular complexity index is 424. The maximum absolute atomic E-state index is 12.1. The van der Waals surface area contributed by atoms with Crippen molar-refractivity contribution in [2.24, 2.45) is 0 Å². The molecule has 104 valence electrons. The first-order chi connectivity index (χ1) is 9.15. The predicted molar refractivity (Wildman–Crippen MR) is 74.0 cm³/mol. The Morgan fingerprint density at radius 1 is 1.53 bits per heavy atom. The number of amides is 1. The monoisotopic (exact) mass is 281 g/mol. The average Bonchev–Trinajstić information content (AvgIpc) is 2.99. The molecule has 0 saturated carbocycles. The number of ketones is 1. The summed E-state index contributed by atoms with van der Waals surface area (Å²) < 4.78 is 5.58. The van der Waals surface area contributed by atoms with Gasteiger partial charge < -0.3 is 9.64 Å². The highest BCUT2D eigenvalue weighted by Gasteiger charge is 2.23. The van der Waals surface area contributed by atoms with Gasteiger partial charge in [-0.05, 0) is 31.2 Å². The van der Waals surface area contributed by atoms with Crippen molar-refractivity contribution in [1.82, 2.24) is 4.90 Å². The molecule has 2 heterocycles. The van der Waals surface area contributed by atoms with Gasteiger partial charge in [0.15, 0.2) is 0 Å². The first-order valence-electron chi connectivity index (χ1n) is 6.56. The number of hydrogen-bond acceptors (Lipinski definition) is 4. The molecule has 1 fully saturated rings. The quantitative estimate of drug-likeness (QED) is 0.751. The molecule has 2 rings (SSSR count). The standard InChI is InChI=1S/C14H19NO3S/c1-11(16)8-14(17)15(9-12-4-2-6-18-12)10-13-5-3-7-19-13/h3,5,7,12H,2,4,6,8-10H2,1H3. The Kier molecular flexibility index (Phi) is 5.10. The summed E-state index contributed by atoms with van der Waals surface area (Å²) in [5.74, 6) is -0.190. The maximum atomic E-state index is 12.1. The summed E-state index contributed by atoms with van der Waals surface area (Å²) in [4.78, 5) is 26.1. The largest absolute Gasteiger partial charge is 0.376 e. The molecule has 19 heavy (non-hydrogen) atoms. The third-order valence-corrected chi connectivity index (χ3v) is 3.99. The van der Waals surface area contributed by atoms with E-state index in [1.165, 1.54) is 6.92 Å². The van der Waals surface area contributed by atoms with E-state index in [-0.39, 0.29) is 24.2 Å². The van der Waals surface area contributed by atoms with Crippen LogP contribution in [0, 0.1) is 0 Å². The molecule has 1 saturated heterocycles. The van der Waals surface area contributed by atoms with E-state index >= 15 is 0 Å². The molecule has 1 amide bonds. The number of hydrogen-bond donors (Lipinski definition) is 0. The number of nitrogens with zero attached hydrogens (tertiary/aromatic N) is 1. The van der Waals surface area contributed by atoms with Crippen molar-refractivity contribution in [3.05, 3.63) is 22.4 Å². The first kappa shape index (κ1) is 14.2. The van der Waals surface area contributed by atoms with E-state index in [0.717, 1.165) is 24.3 Å². The lowest BCUT2D eigenvalue weighted by Gasteiger charge is -2.24. The Hall–Kier alpha value is -1.20. The maximum Gasteiger partial charge on any atom is 0.230 e. The fraction of sp³-hybridized carbons (Fsp3) is 0.571. The normalized spacial score (nSPS) is 18.5. The van der Waals surface area contributed by atoms with Crippen LogP contribution in [0.3, 0.4) is 0 Å². The molecular weight excluding hydrogens is 262 g/mol. The van der Waals surface area contributed by atoms with Crippen LogP contribution in [0.1, 0.15) is 31.1 Å². The fourth-order valence-corrected chi connectivity index (χ4v) is 2.92. The van der Waals surface area contributed by atoms with Gasteiger partial charge in [-0.25, -0.2) is 0 Å². The zero-order valence-electron chi connectivity index (χ0n) is 11.1. The van der Waals surface area contributed by atoms with Crippen molar-refractivity contribution in [3.63, 3.8) is 0 Å². The Balaban J connectivity index is 1.98. The van der Waals surface area contributed by atoms with Crippen LogP contribution >= 0.6 is 11.3 Å². The highest BCUT2D eigenvalue weighted by molar-refractivity contribution is 7.09. The van der Waals surface area contributed by atoms with Gasteiger partial charge in [-0.2, -0.15) is 0 Å². The van der Waals surface area contributed by atoms with Crippen LogP contribution in [0.15, 0.2) is 17.5 Å². The minimum atomic E-state index is -0.101. The smallest absolute Gasteiger partial charge is 0.230 e. The molecule has 1 aromatic heterocycles. The van der Waals surface area contributed by atoms with Crippen LogP contribution in [0.5, 0.6) is 0 Å².